The molecular weight excluding hydrogens is 256 g/mol. The molecule has 7 heteroatoms. The molecule has 1 rings (SSSR count). The summed E-state index contributed by atoms with van der Waals surface area (Å²) in [6.07, 6.45) is 0. The van der Waals surface area contributed by atoms with Gasteiger partial charge in [-0.3, -0.25) is 4.79 Å². The van der Waals surface area contributed by atoms with Crippen molar-refractivity contribution in [1.29, 1.82) is 0 Å². The van der Waals surface area contributed by atoms with Gasteiger partial charge in [-0.1, -0.05) is 13.8 Å². The molecule has 0 spiro atoms. The molecule has 3 N–H and O–H groups in total. The average Bonchev–Trinajstić information content (AvgIpc) is 2.59. The zero-order valence-corrected chi connectivity index (χ0v) is 11.3. The van der Waals surface area contributed by atoms with E-state index >= 15 is 0 Å². The maximum absolute atomic E-state index is 11.5. The van der Waals surface area contributed by atoms with Gasteiger partial charge in [-0.2, -0.15) is 0 Å². The molecule has 0 atom stereocenters. The van der Waals surface area contributed by atoms with Crippen molar-refractivity contribution in [2.24, 2.45) is 5.73 Å². The maximum atomic E-state index is 11.5. The van der Waals surface area contributed by atoms with Crippen molar-refractivity contribution in [3.8, 4) is 0 Å². The van der Waals surface area contributed by atoms with Gasteiger partial charge in [-0.15, -0.1) is 0 Å². The number of rotatable bonds is 7. The number of sulfone groups is 1. The van der Waals surface area contributed by atoms with E-state index in [9.17, 15) is 13.2 Å². The lowest BCUT2D eigenvalue weighted by Gasteiger charge is -2.05. The average molecular weight is 274 g/mol. The lowest BCUT2D eigenvalue weighted by molar-refractivity contribution is -0.115. The molecule has 1 aromatic rings. The Morgan fingerprint density at radius 2 is 2.00 bits per heavy atom. The summed E-state index contributed by atoms with van der Waals surface area (Å²) in [6.45, 7) is 4.54. The fraction of sp³-hybridized carbons (Fsp3) is 0.545. The van der Waals surface area contributed by atoms with Crippen molar-refractivity contribution in [3.05, 3.63) is 23.7 Å². The molecule has 0 saturated heterocycles. The third-order valence-corrected chi connectivity index (χ3v) is 3.57. The van der Waals surface area contributed by atoms with Gasteiger partial charge in [0.25, 0.3) is 0 Å². The molecule has 0 fully saturated rings. The molecule has 0 aliphatic heterocycles. The first-order valence-electron chi connectivity index (χ1n) is 5.58. The van der Waals surface area contributed by atoms with Crippen molar-refractivity contribution in [1.82, 2.24) is 5.32 Å². The van der Waals surface area contributed by atoms with E-state index < -0.39 is 21.5 Å². The number of primary amides is 1. The molecule has 0 saturated carbocycles. The molecule has 0 aliphatic rings. The van der Waals surface area contributed by atoms with Crippen LogP contribution in [0.3, 0.4) is 0 Å². The first-order chi connectivity index (χ1) is 8.28. The Bertz CT molecular complexity index is 505. The van der Waals surface area contributed by atoms with Gasteiger partial charge in [0.1, 0.15) is 23.0 Å². The smallest absolute Gasteiger partial charge is 0.232 e. The minimum absolute atomic E-state index is 0.308. The molecule has 1 amide bonds. The number of amides is 1. The number of hydrogen-bond donors (Lipinski definition) is 2. The predicted molar refractivity (Wildman–Crippen MR) is 67.4 cm³/mol. The summed E-state index contributed by atoms with van der Waals surface area (Å²) >= 11 is 0. The molecule has 102 valence electrons. The van der Waals surface area contributed by atoms with Gasteiger partial charge in [0.15, 0.2) is 9.84 Å². The van der Waals surface area contributed by atoms with Crippen molar-refractivity contribution in [3.63, 3.8) is 0 Å². The number of carbonyl (C=O) groups is 1. The van der Waals surface area contributed by atoms with Gasteiger partial charge in [-0.25, -0.2) is 8.42 Å². The third-order valence-electron chi connectivity index (χ3n) is 2.13. The molecule has 0 aromatic carbocycles. The van der Waals surface area contributed by atoms with Gasteiger partial charge in [0, 0.05) is 6.04 Å². The summed E-state index contributed by atoms with van der Waals surface area (Å²) in [5.74, 6) is -0.849. The van der Waals surface area contributed by atoms with E-state index in [-0.39, 0.29) is 5.75 Å². The van der Waals surface area contributed by atoms with Crippen LogP contribution < -0.4 is 11.1 Å². The highest BCUT2D eigenvalue weighted by molar-refractivity contribution is 7.91. The maximum Gasteiger partial charge on any atom is 0.232 e. The molecule has 1 heterocycles. The van der Waals surface area contributed by atoms with Gasteiger partial charge in [-0.05, 0) is 12.1 Å². The standard InChI is InChI=1S/C11H18N2O4S/c1-8(2)13-5-9-3-4-10(17-9)6-18(15,16)7-11(12)14/h3-4,8,13H,5-7H2,1-2H3,(H2,12,14). The monoisotopic (exact) mass is 274 g/mol. The van der Waals surface area contributed by atoms with Crippen molar-refractivity contribution >= 4 is 15.7 Å². The van der Waals surface area contributed by atoms with Crippen LogP contribution in [-0.4, -0.2) is 26.1 Å². The zero-order chi connectivity index (χ0) is 13.8. The minimum atomic E-state index is -3.54. The van der Waals surface area contributed by atoms with Crippen LogP contribution in [0.15, 0.2) is 16.5 Å². The van der Waals surface area contributed by atoms with Crippen LogP contribution in [-0.2, 0) is 26.9 Å². The van der Waals surface area contributed by atoms with Crippen LogP contribution in [0.5, 0.6) is 0 Å². The number of nitrogens with one attached hydrogen (secondary N) is 1. The molecule has 1 aromatic heterocycles. The Labute approximate surface area is 106 Å². The second-order valence-electron chi connectivity index (χ2n) is 4.40. The van der Waals surface area contributed by atoms with E-state index in [0.29, 0.717) is 24.1 Å². The lowest BCUT2D eigenvalue weighted by Crippen LogP contribution is -2.24. The summed E-state index contributed by atoms with van der Waals surface area (Å²) in [6, 6.07) is 3.62. The number of furan rings is 1. The van der Waals surface area contributed by atoms with E-state index in [1.165, 1.54) is 0 Å². The minimum Gasteiger partial charge on any atom is -0.464 e. The molecule has 0 radical (unpaired) electrons. The third kappa shape index (κ3) is 5.33. The highest BCUT2D eigenvalue weighted by Gasteiger charge is 2.17. The topological polar surface area (TPSA) is 102 Å². The van der Waals surface area contributed by atoms with E-state index in [2.05, 4.69) is 5.32 Å². The second kappa shape index (κ2) is 6.01. The predicted octanol–water partition coefficient (Wildman–Crippen LogP) is 0.178. The van der Waals surface area contributed by atoms with E-state index in [4.69, 9.17) is 10.2 Å². The number of hydrogen-bond acceptors (Lipinski definition) is 5. The Morgan fingerprint density at radius 3 is 2.56 bits per heavy atom. The van der Waals surface area contributed by atoms with E-state index in [1.54, 1.807) is 12.1 Å². The Balaban J connectivity index is 2.61. The van der Waals surface area contributed by atoms with Gasteiger partial charge >= 0.3 is 0 Å². The van der Waals surface area contributed by atoms with Crippen LogP contribution in [0.25, 0.3) is 0 Å². The van der Waals surface area contributed by atoms with Crippen LogP contribution in [0, 0.1) is 0 Å². The van der Waals surface area contributed by atoms with Crippen LogP contribution >= 0.6 is 0 Å². The van der Waals surface area contributed by atoms with E-state index in [0.717, 1.165) is 0 Å². The lowest BCUT2D eigenvalue weighted by atomic mass is 10.3. The zero-order valence-electron chi connectivity index (χ0n) is 10.5. The molecule has 0 unspecified atom stereocenters. The highest BCUT2D eigenvalue weighted by Crippen LogP contribution is 2.12. The summed E-state index contributed by atoms with van der Waals surface area (Å²) in [7, 11) is -3.54. The molecule has 18 heavy (non-hydrogen) atoms. The van der Waals surface area contributed by atoms with Crippen LogP contribution in [0.2, 0.25) is 0 Å². The first-order valence-corrected chi connectivity index (χ1v) is 7.40. The molecule has 6 nitrogen and oxygen atoms in total. The molecule has 0 aliphatic carbocycles. The SMILES string of the molecule is CC(C)NCc1ccc(CS(=O)(=O)CC(N)=O)o1. The summed E-state index contributed by atoms with van der Waals surface area (Å²) in [5.41, 5.74) is 4.86. The Kier molecular flexibility index (Phi) is 4.92. The van der Waals surface area contributed by atoms with Crippen molar-refractivity contribution in [2.75, 3.05) is 5.75 Å². The van der Waals surface area contributed by atoms with Crippen LogP contribution in [0.4, 0.5) is 0 Å². The van der Waals surface area contributed by atoms with Crippen LogP contribution in [0.1, 0.15) is 25.4 Å². The summed E-state index contributed by atoms with van der Waals surface area (Å²) in [5, 5.41) is 3.15. The largest absolute Gasteiger partial charge is 0.464 e. The van der Waals surface area contributed by atoms with Crippen molar-refractivity contribution in [2.45, 2.75) is 32.2 Å². The molecular formula is C11H18N2O4S. The second-order valence-corrected chi connectivity index (χ2v) is 6.47. The first kappa shape index (κ1) is 14.7. The number of carbonyl (C=O) groups excluding carboxylic acids is 1. The van der Waals surface area contributed by atoms with Gasteiger partial charge in [0.2, 0.25) is 5.91 Å². The summed E-state index contributed by atoms with van der Waals surface area (Å²) in [4.78, 5) is 10.6. The quantitative estimate of drug-likeness (QED) is 0.738. The molecule has 0 bridgehead atoms. The van der Waals surface area contributed by atoms with E-state index in [1.807, 2.05) is 13.8 Å². The summed E-state index contributed by atoms with van der Waals surface area (Å²) < 4.78 is 28.4. The van der Waals surface area contributed by atoms with Crippen molar-refractivity contribution < 1.29 is 17.6 Å². The highest BCUT2D eigenvalue weighted by atomic mass is 32.2. The normalized spacial score (nSPS) is 11.9. The Morgan fingerprint density at radius 1 is 1.39 bits per heavy atom. The Hall–Kier alpha value is -1.34. The fourth-order valence-corrected chi connectivity index (χ4v) is 2.51. The fourth-order valence-electron chi connectivity index (χ4n) is 1.38. The van der Waals surface area contributed by atoms with Gasteiger partial charge < -0.3 is 15.5 Å². The van der Waals surface area contributed by atoms with Gasteiger partial charge in [0.05, 0.1) is 6.54 Å². The number of nitrogens with two attached hydrogens (primary N) is 1.